The van der Waals surface area contributed by atoms with Gasteiger partial charge in [0.15, 0.2) is 11.6 Å². The van der Waals surface area contributed by atoms with Crippen LogP contribution in [0.25, 0.3) is 0 Å². The van der Waals surface area contributed by atoms with Crippen LogP contribution in [0.2, 0.25) is 5.02 Å². The minimum atomic E-state index is -1.18. The van der Waals surface area contributed by atoms with Gasteiger partial charge in [0.25, 0.3) is 0 Å². The highest BCUT2D eigenvalue weighted by Crippen LogP contribution is 2.35. The van der Waals surface area contributed by atoms with E-state index in [0.717, 1.165) is 30.3 Å². The third kappa shape index (κ3) is 3.49. The van der Waals surface area contributed by atoms with Crippen LogP contribution in [-0.4, -0.2) is 16.0 Å². The van der Waals surface area contributed by atoms with Gasteiger partial charge >= 0.3 is 0 Å². The van der Waals surface area contributed by atoms with Gasteiger partial charge in [-0.25, -0.2) is 13.2 Å². The van der Waals surface area contributed by atoms with E-state index in [4.69, 9.17) is 11.6 Å². The van der Waals surface area contributed by atoms with Gasteiger partial charge in [-0.3, -0.25) is 4.90 Å². The maximum Gasteiger partial charge on any atom is 0.161 e. The number of aromatic nitrogens is 1. The van der Waals surface area contributed by atoms with Crippen LogP contribution in [0, 0.1) is 17.5 Å². The van der Waals surface area contributed by atoms with Gasteiger partial charge in [-0.1, -0.05) is 29.8 Å². The molecule has 140 valence electrons. The standard InChI is InChI=1S/C21H18ClF3N2/c22-16-6-2-1-5-14(16)13-27-10-4-9-26-8-3-7-20(26)21(27)15-11-18(24)19(25)12-17(15)23/h1-3,5-8,11-12,21H,4,9-10,13H2. The Balaban J connectivity index is 1.82. The van der Waals surface area contributed by atoms with Gasteiger partial charge in [0.1, 0.15) is 5.82 Å². The average Bonchev–Trinajstić information content (AvgIpc) is 3.03. The number of fused-ring (bicyclic) bond motifs is 1. The molecule has 1 atom stereocenters. The van der Waals surface area contributed by atoms with Crippen molar-refractivity contribution in [3.8, 4) is 0 Å². The lowest BCUT2D eigenvalue weighted by Crippen LogP contribution is -2.30. The third-order valence-electron chi connectivity index (χ3n) is 5.02. The molecule has 27 heavy (non-hydrogen) atoms. The van der Waals surface area contributed by atoms with Crippen molar-refractivity contribution >= 4 is 11.6 Å². The number of nitrogens with zero attached hydrogens (tertiary/aromatic N) is 2. The minimum Gasteiger partial charge on any atom is -0.350 e. The highest BCUT2D eigenvalue weighted by molar-refractivity contribution is 6.31. The number of hydrogen-bond donors (Lipinski definition) is 0. The summed E-state index contributed by atoms with van der Waals surface area (Å²) in [4.78, 5) is 2.07. The van der Waals surface area contributed by atoms with Gasteiger partial charge in [0.05, 0.1) is 6.04 Å². The molecule has 0 saturated carbocycles. The van der Waals surface area contributed by atoms with Crippen molar-refractivity contribution in [2.75, 3.05) is 6.54 Å². The molecule has 2 heterocycles. The molecular formula is C21H18ClF3N2. The summed E-state index contributed by atoms with van der Waals surface area (Å²) in [7, 11) is 0. The molecule has 0 fully saturated rings. The number of benzene rings is 2. The quantitative estimate of drug-likeness (QED) is 0.532. The highest BCUT2D eigenvalue weighted by atomic mass is 35.5. The van der Waals surface area contributed by atoms with Crippen molar-refractivity contribution in [2.24, 2.45) is 0 Å². The molecule has 0 aliphatic carbocycles. The molecule has 4 rings (SSSR count). The third-order valence-corrected chi connectivity index (χ3v) is 5.39. The molecule has 1 aliphatic heterocycles. The first-order valence-electron chi connectivity index (χ1n) is 8.81. The van der Waals surface area contributed by atoms with E-state index in [1.807, 2.05) is 47.2 Å². The summed E-state index contributed by atoms with van der Waals surface area (Å²) in [6.07, 6.45) is 2.78. The van der Waals surface area contributed by atoms with E-state index in [0.29, 0.717) is 24.2 Å². The van der Waals surface area contributed by atoms with Crippen LogP contribution in [0.1, 0.15) is 29.3 Å². The topological polar surface area (TPSA) is 8.17 Å². The van der Waals surface area contributed by atoms with Crippen molar-refractivity contribution < 1.29 is 13.2 Å². The molecule has 0 amide bonds. The van der Waals surface area contributed by atoms with Gasteiger partial charge in [-0.05, 0) is 36.2 Å². The van der Waals surface area contributed by atoms with Crippen LogP contribution in [-0.2, 0) is 13.1 Å². The van der Waals surface area contributed by atoms with E-state index >= 15 is 0 Å². The summed E-state index contributed by atoms with van der Waals surface area (Å²) < 4.78 is 44.1. The second-order valence-electron chi connectivity index (χ2n) is 6.73. The molecule has 0 saturated heterocycles. The van der Waals surface area contributed by atoms with E-state index in [-0.39, 0.29) is 5.56 Å². The summed E-state index contributed by atoms with van der Waals surface area (Å²) in [6.45, 7) is 1.94. The summed E-state index contributed by atoms with van der Waals surface area (Å²) in [6, 6.07) is 12.3. The van der Waals surface area contributed by atoms with Crippen LogP contribution in [0.15, 0.2) is 54.7 Å². The fourth-order valence-corrected chi connectivity index (χ4v) is 3.95. The fraction of sp³-hybridized carbons (Fsp3) is 0.238. The molecule has 2 nitrogen and oxygen atoms in total. The Bertz CT molecular complexity index is 970. The minimum absolute atomic E-state index is 0.128. The lowest BCUT2D eigenvalue weighted by atomic mass is 10.00. The number of rotatable bonds is 3. The van der Waals surface area contributed by atoms with E-state index in [1.54, 1.807) is 0 Å². The normalized spacial score (nSPS) is 17.6. The average molecular weight is 391 g/mol. The number of hydrogen-bond acceptors (Lipinski definition) is 1. The summed E-state index contributed by atoms with van der Waals surface area (Å²) in [5.74, 6) is -2.98. The molecule has 0 spiro atoms. The molecule has 0 bridgehead atoms. The lowest BCUT2D eigenvalue weighted by Gasteiger charge is -2.31. The van der Waals surface area contributed by atoms with Crippen molar-refractivity contribution in [1.82, 2.24) is 9.47 Å². The van der Waals surface area contributed by atoms with Crippen molar-refractivity contribution in [3.05, 3.63) is 94.0 Å². The van der Waals surface area contributed by atoms with Gasteiger partial charge in [-0.15, -0.1) is 0 Å². The predicted molar refractivity (Wildman–Crippen MR) is 99.1 cm³/mol. The Morgan fingerprint density at radius 1 is 0.926 bits per heavy atom. The molecular weight excluding hydrogens is 373 g/mol. The monoisotopic (exact) mass is 390 g/mol. The van der Waals surface area contributed by atoms with E-state index in [2.05, 4.69) is 4.90 Å². The van der Waals surface area contributed by atoms with Gasteiger partial charge in [-0.2, -0.15) is 0 Å². The zero-order valence-electron chi connectivity index (χ0n) is 14.5. The largest absolute Gasteiger partial charge is 0.350 e. The van der Waals surface area contributed by atoms with Crippen LogP contribution in [0.4, 0.5) is 13.2 Å². The SMILES string of the molecule is Fc1cc(F)c(C2c3cccn3CCCN2Cc2ccccc2Cl)cc1F. The van der Waals surface area contributed by atoms with Gasteiger partial charge in [0.2, 0.25) is 0 Å². The first kappa shape index (κ1) is 18.1. The second-order valence-corrected chi connectivity index (χ2v) is 7.14. The van der Waals surface area contributed by atoms with Crippen molar-refractivity contribution in [3.63, 3.8) is 0 Å². The van der Waals surface area contributed by atoms with Gasteiger partial charge in [0, 0.05) is 48.2 Å². The highest BCUT2D eigenvalue weighted by Gasteiger charge is 2.30. The summed E-state index contributed by atoms with van der Waals surface area (Å²) in [5, 5.41) is 0.627. The van der Waals surface area contributed by atoms with E-state index in [9.17, 15) is 13.2 Å². The van der Waals surface area contributed by atoms with Crippen LogP contribution in [0.3, 0.4) is 0 Å². The molecule has 6 heteroatoms. The zero-order valence-corrected chi connectivity index (χ0v) is 15.3. The van der Waals surface area contributed by atoms with Crippen molar-refractivity contribution in [1.29, 1.82) is 0 Å². The van der Waals surface area contributed by atoms with E-state index in [1.165, 1.54) is 0 Å². The fourth-order valence-electron chi connectivity index (χ4n) is 3.76. The van der Waals surface area contributed by atoms with Gasteiger partial charge < -0.3 is 4.57 Å². The molecule has 0 radical (unpaired) electrons. The molecule has 1 unspecified atom stereocenters. The molecule has 1 aromatic heterocycles. The Labute approximate surface area is 160 Å². The summed E-state index contributed by atoms with van der Waals surface area (Å²) in [5.41, 5.74) is 1.89. The first-order chi connectivity index (χ1) is 13.0. The first-order valence-corrected chi connectivity index (χ1v) is 9.19. The lowest BCUT2D eigenvalue weighted by molar-refractivity contribution is 0.216. The van der Waals surface area contributed by atoms with E-state index < -0.39 is 23.5 Å². The smallest absolute Gasteiger partial charge is 0.161 e. The van der Waals surface area contributed by atoms with Crippen LogP contribution >= 0.6 is 11.6 Å². The molecule has 0 N–H and O–H groups in total. The Kier molecular flexibility index (Phi) is 4.98. The zero-order chi connectivity index (χ0) is 19.0. The second kappa shape index (κ2) is 7.41. The maximum absolute atomic E-state index is 14.7. The molecule has 3 aromatic rings. The van der Waals surface area contributed by atoms with Crippen LogP contribution < -0.4 is 0 Å². The predicted octanol–water partition coefficient (Wildman–Crippen LogP) is 5.55. The number of aryl methyl sites for hydroxylation is 1. The Hall–Kier alpha value is -2.24. The van der Waals surface area contributed by atoms with Crippen LogP contribution in [0.5, 0.6) is 0 Å². The number of halogens is 4. The maximum atomic E-state index is 14.7. The Morgan fingerprint density at radius 2 is 1.70 bits per heavy atom. The molecule has 2 aromatic carbocycles. The van der Waals surface area contributed by atoms with Crippen molar-refractivity contribution in [2.45, 2.75) is 25.6 Å². The summed E-state index contributed by atoms with van der Waals surface area (Å²) >= 11 is 6.32. The molecule has 1 aliphatic rings. The Morgan fingerprint density at radius 3 is 2.52 bits per heavy atom.